The Morgan fingerprint density at radius 3 is 2.46 bits per heavy atom. The van der Waals surface area contributed by atoms with Gasteiger partial charge in [0.05, 0.1) is 28.1 Å². The lowest BCUT2D eigenvalue weighted by atomic mass is 10.2. The lowest BCUT2D eigenvalue weighted by Crippen LogP contribution is -2.14. The highest BCUT2D eigenvalue weighted by Gasteiger charge is 2.33. The van der Waals surface area contributed by atoms with Crippen molar-refractivity contribution in [1.29, 1.82) is 0 Å². The van der Waals surface area contributed by atoms with E-state index in [0.717, 1.165) is 16.9 Å². The fraction of sp³-hybridized carbons (Fsp3) is 0.231. The van der Waals surface area contributed by atoms with Gasteiger partial charge in [-0.05, 0) is 18.2 Å². The van der Waals surface area contributed by atoms with Gasteiger partial charge in [-0.1, -0.05) is 6.92 Å². The summed E-state index contributed by atoms with van der Waals surface area (Å²) >= 11 is 0. The minimum Gasteiger partial charge on any atom is -0.477 e. The summed E-state index contributed by atoms with van der Waals surface area (Å²) in [4.78, 5) is 10.4. The number of anilines is 1. The first-order chi connectivity index (χ1) is 11.0. The van der Waals surface area contributed by atoms with Gasteiger partial charge < -0.3 is 10.8 Å². The second-order valence-corrected chi connectivity index (χ2v) is 6.99. The molecule has 2 rings (SSSR count). The predicted molar refractivity (Wildman–Crippen MR) is 77.7 cm³/mol. The first-order valence-corrected chi connectivity index (χ1v) is 8.15. The van der Waals surface area contributed by atoms with Crippen LogP contribution < -0.4 is 5.73 Å². The molecule has 0 spiro atoms. The number of aromatic carboxylic acids is 1. The van der Waals surface area contributed by atoms with Gasteiger partial charge in [-0.15, -0.1) is 0 Å². The molecule has 1 heterocycles. The molecule has 0 amide bonds. The first-order valence-electron chi connectivity index (χ1n) is 6.50. The summed E-state index contributed by atoms with van der Waals surface area (Å²) < 4.78 is 63.7. The number of nitrogens with two attached hydrogens (primary N) is 1. The molecule has 0 bridgehead atoms. The summed E-state index contributed by atoms with van der Waals surface area (Å²) in [6.45, 7) is 1.27. The van der Waals surface area contributed by atoms with E-state index in [4.69, 9.17) is 10.8 Å². The van der Waals surface area contributed by atoms with Crippen molar-refractivity contribution in [1.82, 2.24) is 9.78 Å². The Hall–Kier alpha value is -2.56. The molecular weight excluding hydrogens is 351 g/mol. The maximum atomic E-state index is 12.9. The van der Waals surface area contributed by atoms with Crippen LogP contribution in [0.25, 0.3) is 5.69 Å². The van der Waals surface area contributed by atoms with E-state index in [2.05, 4.69) is 5.10 Å². The number of carboxylic acid groups (broad SMARTS) is 1. The smallest absolute Gasteiger partial charge is 0.416 e. The molecule has 2 aromatic rings. The highest BCUT2D eigenvalue weighted by molar-refractivity contribution is 7.91. The van der Waals surface area contributed by atoms with E-state index in [1.165, 1.54) is 6.92 Å². The molecule has 1 aromatic heterocycles. The summed E-state index contributed by atoms with van der Waals surface area (Å²) in [6, 6.07) is 2.04. The quantitative estimate of drug-likeness (QED) is 0.858. The zero-order valence-electron chi connectivity index (χ0n) is 12.2. The molecule has 0 radical (unpaired) electrons. The Morgan fingerprint density at radius 1 is 1.38 bits per heavy atom. The maximum absolute atomic E-state index is 12.9. The number of benzene rings is 1. The third-order valence-corrected chi connectivity index (χ3v) is 5.02. The number of rotatable bonds is 4. The van der Waals surface area contributed by atoms with Gasteiger partial charge in [-0.2, -0.15) is 18.3 Å². The van der Waals surface area contributed by atoms with Crippen molar-refractivity contribution >= 4 is 21.6 Å². The molecule has 0 aliphatic rings. The van der Waals surface area contributed by atoms with Crippen LogP contribution in [0.2, 0.25) is 0 Å². The van der Waals surface area contributed by atoms with Crippen molar-refractivity contribution in [3.8, 4) is 5.69 Å². The average molecular weight is 363 g/mol. The van der Waals surface area contributed by atoms with Crippen molar-refractivity contribution in [3.05, 3.63) is 35.5 Å². The van der Waals surface area contributed by atoms with Crippen LogP contribution in [-0.4, -0.2) is 35.0 Å². The molecule has 7 nitrogen and oxygen atoms in total. The SMILES string of the molecule is CCS(=O)(=O)c1cc(C(F)(F)F)ccc1-n1ncc(C(=O)O)c1N. The molecule has 24 heavy (non-hydrogen) atoms. The van der Waals surface area contributed by atoms with Gasteiger partial charge in [0.25, 0.3) is 0 Å². The van der Waals surface area contributed by atoms with Gasteiger partial charge in [-0.3, -0.25) is 0 Å². The number of sulfone groups is 1. The molecule has 1 aromatic carbocycles. The van der Waals surface area contributed by atoms with E-state index in [-0.39, 0.29) is 5.69 Å². The molecule has 0 atom stereocenters. The largest absolute Gasteiger partial charge is 0.477 e. The van der Waals surface area contributed by atoms with Gasteiger partial charge in [0.15, 0.2) is 9.84 Å². The van der Waals surface area contributed by atoms with Crippen LogP contribution in [0.15, 0.2) is 29.3 Å². The fourth-order valence-electron chi connectivity index (χ4n) is 1.98. The summed E-state index contributed by atoms with van der Waals surface area (Å²) in [5.74, 6) is -2.24. The van der Waals surface area contributed by atoms with Gasteiger partial charge >= 0.3 is 12.1 Å². The van der Waals surface area contributed by atoms with Crippen molar-refractivity contribution < 1.29 is 31.5 Å². The number of hydrogen-bond acceptors (Lipinski definition) is 5. The van der Waals surface area contributed by atoms with Gasteiger partial charge in [0.1, 0.15) is 11.4 Å². The Morgan fingerprint density at radius 2 is 2.00 bits per heavy atom. The summed E-state index contributed by atoms with van der Waals surface area (Å²) in [7, 11) is -4.05. The van der Waals surface area contributed by atoms with Crippen molar-refractivity contribution in [2.45, 2.75) is 18.0 Å². The molecule has 0 saturated carbocycles. The van der Waals surface area contributed by atoms with Gasteiger partial charge in [-0.25, -0.2) is 17.9 Å². The number of carboxylic acids is 1. The van der Waals surface area contributed by atoms with Gasteiger partial charge in [0.2, 0.25) is 0 Å². The van der Waals surface area contributed by atoms with E-state index < -0.39 is 49.6 Å². The number of carbonyl (C=O) groups is 1. The highest BCUT2D eigenvalue weighted by Crippen LogP contribution is 2.34. The molecule has 0 saturated heterocycles. The van der Waals surface area contributed by atoms with Crippen molar-refractivity contribution in [3.63, 3.8) is 0 Å². The van der Waals surface area contributed by atoms with Crippen LogP contribution in [0.5, 0.6) is 0 Å². The number of nitrogen functional groups attached to an aromatic ring is 1. The standard InChI is InChI=1S/C13H12F3N3O4S/c1-2-24(22,23)10-5-7(13(14,15)16)3-4-9(10)19-11(17)8(6-18-19)12(20)21/h3-6H,2,17H2,1H3,(H,20,21). The third-order valence-electron chi connectivity index (χ3n) is 3.27. The van der Waals surface area contributed by atoms with Crippen LogP contribution in [0.3, 0.4) is 0 Å². The molecule has 0 aliphatic carbocycles. The number of hydrogen-bond donors (Lipinski definition) is 2. The van der Waals surface area contributed by atoms with E-state index >= 15 is 0 Å². The minimum absolute atomic E-state index is 0.255. The number of alkyl halides is 3. The monoisotopic (exact) mass is 363 g/mol. The highest BCUT2D eigenvalue weighted by atomic mass is 32.2. The molecular formula is C13H12F3N3O4S. The van der Waals surface area contributed by atoms with Crippen LogP contribution in [0, 0.1) is 0 Å². The molecule has 0 unspecified atom stereocenters. The summed E-state index contributed by atoms with van der Waals surface area (Å²) in [6.07, 6.45) is -3.85. The second-order valence-electron chi connectivity index (χ2n) is 4.74. The zero-order chi connectivity index (χ0) is 18.3. The topological polar surface area (TPSA) is 115 Å². The fourth-order valence-corrected chi connectivity index (χ4v) is 3.08. The Labute approximate surface area is 134 Å². The first kappa shape index (κ1) is 17.8. The Kier molecular flexibility index (Phi) is 4.31. The van der Waals surface area contributed by atoms with Crippen molar-refractivity contribution in [2.24, 2.45) is 0 Å². The normalized spacial score (nSPS) is 12.3. The third kappa shape index (κ3) is 3.07. The summed E-state index contributed by atoms with van der Waals surface area (Å²) in [5.41, 5.74) is 3.82. The van der Waals surface area contributed by atoms with E-state index in [9.17, 15) is 26.4 Å². The van der Waals surface area contributed by atoms with Crippen LogP contribution in [-0.2, 0) is 16.0 Å². The van der Waals surface area contributed by atoms with Crippen LogP contribution in [0.4, 0.5) is 19.0 Å². The predicted octanol–water partition coefficient (Wildman–Crippen LogP) is 1.97. The number of nitrogens with zero attached hydrogens (tertiary/aromatic N) is 2. The lowest BCUT2D eigenvalue weighted by molar-refractivity contribution is -0.137. The molecule has 0 fully saturated rings. The number of aromatic nitrogens is 2. The minimum atomic E-state index is -4.74. The molecule has 3 N–H and O–H groups in total. The number of halogens is 3. The lowest BCUT2D eigenvalue weighted by Gasteiger charge is -2.14. The van der Waals surface area contributed by atoms with E-state index in [0.29, 0.717) is 12.1 Å². The van der Waals surface area contributed by atoms with Gasteiger partial charge in [0, 0.05) is 0 Å². The van der Waals surface area contributed by atoms with E-state index in [1.807, 2.05) is 0 Å². The van der Waals surface area contributed by atoms with Crippen LogP contribution in [0.1, 0.15) is 22.8 Å². The Balaban J connectivity index is 2.78. The second kappa shape index (κ2) is 5.82. The van der Waals surface area contributed by atoms with Crippen LogP contribution >= 0.6 is 0 Å². The zero-order valence-corrected chi connectivity index (χ0v) is 13.0. The maximum Gasteiger partial charge on any atom is 0.416 e. The Bertz CT molecular complexity index is 904. The van der Waals surface area contributed by atoms with E-state index in [1.54, 1.807) is 0 Å². The average Bonchev–Trinajstić information content (AvgIpc) is 2.87. The molecule has 11 heteroatoms. The molecule has 130 valence electrons. The summed E-state index contributed by atoms with van der Waals surface area (Å²) in [5, 5.41) is 12.6. The van der Waals surface area contributed by atoms with Crippen molar-refractivity contribution in [2.75, 3.05) is 11.5 Å². The molecule has 0 aliphatic heterocycles.